The van der Waals surface area contributed by atoms with Gasteiger partial charge in [0.25, 0.3) is 0 Å². The predicted molar refractivity (Wildman–Crippen MR) is 166 cm³/mol. The van der Waals surface area contributed by atoms with Crippen molar-refractivity contribution >= 4 is 18.1 Å². The molecule has 218 valence electrons. The summed E-state index contributed by atoms with van der Waals surface area (Å²) >= 11 is 0. The fourth-order valence-electron chi connectivity index (χ4n) is 3.95. The number of aliphatic imine (C=N–C) groups is 1. The number of ether oxygens (including phenoxy) is 2. The average Bonchev–Trinajstić information content (AvgIpc) is 2.85. The van der Waals surface area contributed by atoms with Gasteiger partial charge < -0.3 is 14.8 Å². The lowest BCUT2D eigenvalue weighted by Gasteiger charge is -2.21. The van der Waals surface area contributed by atoms with Crippen LogP contribution in [0.2, 0.25) is 0 Å². The average molecular weight is 558 g/mol. The highest BCUT2D eigenvalue weighted by Gasteiger charge is 2.20. The Labute approximate surface area is 244 Å². The molecule has 0 unspecified atom stereocenters. The first-order valence-corrected chi connectivity index (χ1v) is 13.8. The lowest BCUT2D eigenvalue weighted by atomic mass is 9.86. The normalized spacial score (nSPS) is 12.5. The van der Waals surface area contributed by atoms with E-state index in [-0.39, 0.29) is 11.4 Å². The van der Waals surface area contributed by atoms with E-state index in [1.165, 1.54) is 11.1 Å². The van der Waals surface area contributed by atoms with Gasteiger partial charge >= 0.3 is 12.2 Å². The molecule has 7 heteroatoms. The summed E-state index contributed by atoms with van der Waals surface area (Å²) in [6.07, 6.45) is -1.55. The second-order valence-corrected chi connectivity index (χ2v) is 13.0. The molecule has 3 aromatic carbocycles. The van der Waals surface area contributed by atoms with Gasteiger partial charge in [0.2, 0.25) is 5.96 Å². The number of rotatable bonds is 4. The maximum absolute atomic E-state index is 12.4. The van der Waals surface area contributed by atoms with Crippen molar-refractivity contribution in [3.05, 3.63) is 83.9 Å². The second-order valence-electron chi connectivity index (χ2n) is 13.0. The van der Waals surface area contributed by atoms with E-state index in [0.29, 0.717) is 6.54 Å². The number of alkyl carbamates (subject to hydrolysis) is 1. The van der Waals surface area contributed by atoms with Crippen LogP contribution in [0.15, 0.2) is 77.8 Å². The molecule has 0 atom stereocenters. The van der Waals surface area contributed by atoms with E-state index in [1.54, 1.807) is 41.5 Å². The van der Waals surface area contributed by atoms with Crippen molar-refractivity contribution in [3.8, 4) is 22.3 Å². The van der Waals surface area contributed by atoms with Crippen molar-refractivity contribution in [3.63, 3.8) is 0 Å². The van der Waals surface area contributed by atoms with Crippen LogP contribution in [0.5, 0.6) is 0 Å². The van der Waals surface area contributed by atoms with Crippen LogP contribution >= 0.6 is 0 Å². The van der Waals surface area contributed by atoms with Crippen LogP contribution in [0.25, 0.3) is 22.3 Å². The third-order valence-electron chi connectivity index (χ3n) is 5.91. The number of hydrogen-bond donors (Lipinski definition) is 2. The molecule has 0 radical (unpaired) electrons. The number of guanidine groups is 1. The maximum Gasteiger partial charge on any atom is 0.437 e. The van der Waals surface area contributed by atoms with Gasteiger partial charge in [-0.1, -0.05) is 87.5 Å². The molecule has 0 bridgehead atoms. The minimum Gasteiger partial charge on any atom is -0.444 e. The molecule has 0 aliphatic heterocycles. The highest BCUT2D eigenvalue weighted by Crippen LogP contribution is 2.28. The Balaban J connectivity index is 1.74. The Hall–Kier alpha value is -4.13. The zero-order valence-corrected chi connectivity index (χ0v) is 25.7. The zero-order chi connectivity index (χ0) is 30.4. The van der Waals surface area contributed by atoms with Crippen LogP contribution in [0, 0.1) is 0 Å². The SMILES string of the molecule is CC(C)(C)OC(=O)/N=C(/NCc1cccc(-c2ccc(-c3ccc(C(C)(C)C)cc3)cc2)c1)NC(=O)OC(C)(C)C. The third kappa shape index (κ3) is 10.4. The molecular weight excluding hydrogens is 514 g/mol. The van der Waals surface area contributed by atoms with Crippen LogP contribution in [0.1, 0.15) is 73.4 Å². The summed E-state index contributed by atoms with van der Waals surface area (Å²) in [6, 6.07) is 25.2. The molecule has 0 aliphatic rings. The zero-order valence-electron chi connectivity index (χ0n) is 25.7. The summed E-state index contributed by atoms with van der Waals surface area (Å²) in [4.78, 5) is 28.6. The van der Waals surface area contributed by atoms with Crippen LogP contribution in [0.3, 0.4) is 0 Å². The van der Waals surface area contributed by atoms with Gasteiger partial charge in [0.15, 0.2) is 0 Å². The Morgan fingerprint density at radius 3 is 1.71 bits per heavy atom. The standard InChI is InChI=1S/C34H43N3O4/c1-32(2,3)28-19-17-25(18-20-28)24-13-15-26(16-14-24)27-12-10-11-23(21-27)22-35-29(36-30(38)40-33(4,5)6)37-31(39)41-34(7,8)9/h10-21H,22H2,1-9H3,(H2,35,36,37,38,39). The van der Waals surface area contributed by atoms with E-state index < -0.39 is 23.4 Å². The van der Waals surface area contributed by atoms with Crippen molar-refractivity contribution in [2.24, 2.45) is 4.99 Å². The summed E-state index contributed by atoms with van der Waals surface area (Å²) in [5.41, 5.74) is 5.39. The number of carbonyl (C=O) groups is 2. The van der Waals surface area contributed by atoms with Gasteiger partial charge in [-0.05, 0) is 86.4 Å². The number of carbonyl (C=O) groups excluding carboxylic acids is 2. The number of benzene rings is 3. The molecule has 2 amide bonds. The van der Waals surface area contributed by atoms with E-state index in [9.17, 15) is 9.59 Å². The number of nitrogens with one attached hydrogen (secondary N) is 2. The van der Waals surface area contributed by atoms with Gasteiger partial charge in [-0.15, -0.1) is 4.99 Å². The van der Waals surface area contributed by atoms with E-state index in [1.807, 2.05) is 18.2 Å². The molecular formula is C34H43N3O4. The molecule has 0 fully saturated rings. The molecule has 3 aromatic rings. The number of hydrogen-bond acceptors (Lipinski definition) is 4. The van der Waals surface area contributed by atoms with Gasteiger partial charge in [0, 0.05) is 6.54 Å². The summed E-state index contributed by atoms with van der Waals surface area (Å²) in [5, 5.41) is 5.55. The Morgan fingerprint density at radius 1 is 0.683 bits per heavy atom. The smallest absolute Gasteiger partial charge is 0.437 e. The molecule has 0 heterocycles. The summed E-state index contributed by atoms with van der Waals surface area (Å²) in [7, 11) is 0. The van der Waals surface area contributed by atoms with E-state index >= 15 is 0 Å². The Morgan fingerprint density at radius 2 is 1.20 bits per heavy atom. The minimum atomic E-state index is -0.821. The van der Waals surface area contributed by atoms with Crippen molar-refractivity contribution in [2.75, 3.05) is 0 Å². The van der Waals surface area contributed by atoms with Crippen molar-refractivity contribution in [1.82, 2.24) is 10.6 Å². The van der Waals surface area contributed by atoms with Gasteiger partial charge in [-0.25, -0.2) is 9.59 Å². The largest absolute Gasteiger partial charge is 0.444 e. The van der Waals surface area contributed by atoms with E-state index in [2.05, 4.69) is 91.0 Å². The van der Waals surface area contributed by atoms with Crippen molar-refractivity contribution in [2.45, 2.75) is 85.5 Å². The van der Waals surface area contributed by atoms with Crippen molar-refractivity contribution < 1.29 is 19.1 Å². The van der Waals surface area contributed by atoms with Gasteiger partial charge in [-0.2, -0.15) is 0 Å². The Kier molecular flexibility index (Phi) is 9.64. The lowest BCUT2D eigenvalue weighted by molar-refractivity contribution is 0.0560. The molecule has 3 rings (SSSR count). The fourth-order valence-corrected chi connectivity index (χ4v) is 3.95. The summed E-state index contributed by atoms with van der Waals surface area (Å²) in [6.45, 7) is 17.5. The van der Waals surface area contributed by atoms with Gasteiger partial charge in [-0.3, -0.25) is 5.32 Å². The van der Waals surface area contributed by atoms with Crippen molar-refractivity contribution in [1.29, 1.82) is 0 Å². The molecule has 41 heavy (non-hydrogen) atoms. The molecule has 0 saturated carbocycles. The molecule has 0 saturated heterocycles. The maximum atomic E-state index is 12.4. The fraction of sp³-hybridized carbons (Fsp3) is 0.382. The topological polar surface area (TPSA) is 89.0 Å². The van der Waals surface area contributed by atoms with Crippen LogP contribution in [0.4, 0.5) is 9.59 Å². The van der Waals surface area contributed by atoms with Crippen LogP contribution in [-0.4, -0.2) is 29.3 Å². The minimum absolute atomic E-state index is 0.0549. The monoisotopic (exact) mass is 557 g/mol. The van der Waals surface area contributed by atoms with E-state index in [4.69, 9.17) is 9.47 Å². The highest BCUT2D eigenvalue weighted by atomic mass is 16.6. The van der Waals surface area contributed by atoms with E-state index in [0.717, 1.165) is 22.3 Å². The third-order valence-corrected chi connectivity index (χ3v) is 5.91. The summed E-state index contributed by atoms with van der Waals surface area (Å²) in [5.74, 6) is -0.0549. The van der Waals surface area contributed by atoms with Crippen LogP contribution in [-0.2, 0) is 21.4 Å². The second kappa shape index (κ2) is 12.6. The highest BCUT2D eigenvalue weighted by molar-refractivity contribution is 5.98. The number of nitrogens with zero attached hydrogens (tertiary/aromatic N) is 1. The van der Waals surface area contributed by atoms with Gasteiger partial charge in [0.1, 0.15) is 11.2 Å². The number of amides is 2. The van der Waals surface area contributed by atoms with Crippen LogP contribution < -0.4 is 10.6 Å². The molecule has 2 N–H and O–H groups in total. The molecule has 0 spiro atoms. The summed E-state index contributed by atoms with van der Waals surface area (Å²) < 4.78 is 10.6. The predicted octanol–water partition coefficient (Wildman–Crippen LogP) is 8.22. The Bertz CT molecular complexity index is 1370. The van der Waals surface area contributed by atoms with Gasteiger partial charge in [0.05, 0.1) is 0 Å². The quantitative estimate of drug-likeness (QED) is 0.249. The first-order chi connectivity index (χ1) is 19.0. The molecule has 0 aliphatic carbocycles. The first-order valence-electron chi connectivity index (χ1n) is 13.8. The first kappa shape index (κ1) is 31.4. The molecule has 0 aromatic heterocycles. The lowest BCUT2D eigenvalue weighted by Crippen LogP contribution is -2.44. The molecule has 7 nitrogen and oxygen atoms in total.